The summed E-state index contributed by atoms with van der Waals surface area (Å²) >= 11 is 0. The molecule has 1 heterocycles. The molecule has 0 aliphatic heterocycles. The third-order valence-corrected chi connectivity index (χ3v) is 2.24. The Morgan fingerprint density at radius 1 is 1.75 bits per heavy atom. The van der Waals surface area contributed by atoms with Gasteiger partial charge in [-0.05, 0) is 12.8 Å². The summed E-state index contributed by atoms with van der Waals surface area (Å²) in [6, 6.07) is 0. The van der Waals surface area contributed by atoms with Crippen LogP contribution in [0.15, 0.2) is 6.20 Å². The third kappa shape index (κ3) is 0.995. The molecule has 12 heavy (non-hydrogen) atoms. The van der Waals surface area contributed by atoms with Crippen LogP contribution in [0.2, 0.25) is 0 Å². The Hall–Kier alpha value is -1.32. The summed E-state index contributed by atoms with van der Waals surface area (Å²) in [7, 11) is 1.90. The first kappa shape index (κ1) is 7.34. The van der Waals surface area contributed by atoms with E-state index in [1.165, 1.54) is 12.8 Å². The number of rotatable bonds is 2. The van der Waals surface area contributed by atoms with Crippen LogP contribution in [0.1, 0.15) is 30.0 Å². The van der Waals surface area contributed by atoms with Gasteiger partial charge in [0.05, 0.1) is 17.5 Å². The topological polar surface area (TPSA) is 67.7 Å². The smallest absolute Gasteiger partial charge is 0.126 e. The molecule has 64 valence electrons. The number of nitrogens with two attached hydrogens (primary N) is 1. The van der Waals surface area contributed by atoms with Crippen LogP contribution in [-0.2, 0) is 7.05 Å². The van der Waals surface area contributed by atoms with Crippen molar-refractivity contribution in [2.75, 3.05) is 0 Å². The van der Waals surface area contributed by atoms with E-state index in [-0.39, 0.29) is 5.84 Å². The number of nitrogens with one attached hydrogen (secondary N) is 1. The standard InChI is InChI=1S/C8H12N4/c1-12-7(5-2-3-5)6(4-11-12)8(9)10/h4-5H,2-3H2,1H3,(H3,9,10). The molecule has 1 aromatic rings. The molecule has 1 aliphatic rings. The monoisotopic (exact) mass is 164 g/mol. The average Bonchev–Trinajstić information content (AvgIpc) is 2.75. The summed E-state index contributed by atoms with van der Waals surface area (Å²) in [6.45, 7) is 0. The van der Waals surface area contributed by atoms with Crippen LogP contribution in [-0.4, -0.2) is 15.6 Å². The maximum Gasteiger partial charge on any atom is 0.126 e. The number of amidine groups is 1. The molecule has 0 bridgehead atoms. The molecule has 1 aromatic heterocycles. The van der Waals surface area contributed by atoms with Gasteiger partial charge in [-0.3, -0.25) is 10.1 Å². The van der Waals surface area contributed by atoms with Crippen molar-refractivity contribution >= 4 is 5.84 Å². The maximum absolute atomic E-state index is 7.34. The van der Waals surface area contributed by atoms with E-state index < -0.39 is 0 Å². The van der Waals surface area contributed by atoms with Crippen molar-refractivity contribution in [2.24, 2.45) is 12.8 Å². The summed E-state index contributed by atoms with van der Waals surface area (Å²) in [5, 5.41) is 11.4. The van der Waals surface area contributed by atoms with Crippen LogP contribution in [0.5, 0.6) is 0 Å². The fourth-order valence-corrected chi connectivity index (χ4v) is 1.50. The van der Waals surface area contributed by atoms with E-state index in [0.717, 1.165) is 11.3 Å². The highest BCUT2D eigenvalue weighted by Crippen LogP contribution is 2.41. The largest absolute Gasteiger partial charge is 0.384 e. The molecule has 0 unspecified atom stereocenters. The van der Waals surface area contributed by atoms with Crippen molar-refractivity contribution < 1.29 is 0 Å². The Bertz CT molecular complexity index is 322. The van der Waals surface area contributed by atoms with E-state index in [0.29, 0.717) is 5.92 Å². The SMILES string of the molecule is Cn1ncc(C(=N)N)c1C1CC1. The zero-order valence-corrected chi connectivity index (χ0v) is 7.04. The molecule has 0 atom stereocenters. The predicted octanol–water partition coefficient (Wildman–Crippen LogP) is 0.582. The molecule has 3 N–H and O–H groups in total. The first-order chi connectivity index (χ1) is 5.70. The molecule has 0 saturated heterocycles. The summed E-state index contributed by atoms with van der Waals surface area (Å²) in [4.78, 5) is 0. The zero-order valence-electron chi connectivity index (χ0n) is 7.04. The lowest BCUT2D eigenvalue weighted by atomic mass is 10.1. The summed E-state index contributed by atoms with van der Waals surface area (Å²) in [6.07, 6.45) is 4.09. The minimum Gasteiger partial charge on any atom is -0.384 e. The fraction of sp³-hybridized carbons (Fsp3) is 0.500. The first-order valence-corrected chi connectivity index (χ1v) is 4.06. The fourth-order valence-electron chi connectivity index (χ4n) is 1.50. The Morgan fingerprint density at radius 2 is 2.42 bits per heavy atom. The molecular formula is C8H12N4. The van der Waals surface area contributed by atoms with Crippen LogP contribution in [0.3, 0.4) is 0 Å². The lowest BCUT2D eigenvalue weighted by molar-refractivity contribution is 0.713. The van der Waals surface area contributed by atoms with E-state index in [4.69, 9.17) is 11.1 Å². The van der Waals surface area contributed by atoms with Crippen LogP contribution < -0.4 is 5.73 Å². The van der Waals surface area contributed by atoms with Gasteiger partial charge in [0.2, 0.25) is 0 Å². The van der Waals surface area contributed by atoms with E-state index >= 15 is 0 Å². The molecule has 0 aromatic carbocycles. The summed E-state index contributed by atoms with van der Waals surface area (Å²) in [5.41, 5.74) is 7.36. The molecular weight excluding hydrogens is 152 g/mol. The lowest BCUT2D eigenvalue weighted by Crippen LogP contribution is -2.13. The molecule has 0 spiro atoms. The van der Waals surface area contributed by atoms with Crippen LogP contribution in [0.4, 0.5) is 0 Å². The Morgan fingerprint density at radius 3 is 2.92 bits per heavy atom. The van der Waals surface area contributed by atoms with E-state index in [9.17, 15) is 0 Å². The van der Waals surface area contributed by atoms with Crippen molar-refractivity contribution in [3.63, 3.8) is 0 Å². The van der Waals surface area contributed by atoms with Gasteiger partial charge in [-0.25, -0.2) is 0 Å². The normalized spacial score (nSPS) is 16.4. The van der Waals surface area contributed by atoms with Gasteiger partial charge < -0.3 is 5.73 Å². The lowest BCUT2D eigenvalue weighted by Gasteiger charge is -2.01. The van der Waals surface area contributed by atoms with Gasteiger partial charge in [0.25, 0.3) is 0 Å². The molecule has 0 amide bonds. The Labute approximate surface area is 70.9 Å². The number of hydrogen-bond acceptors (Lipinski definition) is 2. The van der Waals surface area contributed by atoms with Gasteiger partial charge >= 0.3 is 0 Å². The van der Waals surface area contributed by atoms with Crippen molar-refractivity contribution in [1.82, 2.24) is 9.78 Å². The van der Waals surface area contributed by atoms with E-state index in [2.05, 4.69) is 5.10 Å². The van der Waals surface area contributed by atoms with Crippen LogP contribution in [0.25, 0.3) is 0 Å². The highest BCUT2D eigenvalue weighted by molar-refractivity contribution is 5.96. The van der Waals surface area contributed by atoms with Gasteiger partial charge in [-0.2, -0.15) is 5.10 Å². The number of aryl methyl sites for hydroxylation is 1. The maximum atomic E-state index is 7.34. The Balaban J connectivity index is 2.46. The second-order valence-corrected chi connectivity index (χ2v) is 3.26. The van der Waals surface area contributed by atoms with Crippen molar-refractivity contribution in [2.45, 2.75) is 18.8 Å². The molecule has 1 saturated carbocycles. The van der Waals surface area contributed by atoms with Crippen molar-refractivity contribution in [1.29, 1.82) is 5.41 Å². The average molecular weight is 164 g/mol. The predicted molar refractivity (Wildman–Crippen MR) is 46.2 cm³/mol. The first-order valence-electron chi connectivity index (χ1n) is 4.06. The highest BCUT2D eigenvalue weighted by atomic mass is 15.3. The zero-order chi connectivity index (χ0) is 8.72. The minimum absolute atomic E-state index is 0.130. The van der Waals surface area contributed by atoms with Gasteiger partial charge in [-0.1, -0.05) is 0 Å². The number of nitrogen functional groups attached to an aromatic ring is 1. The van der Waals surface area contributed by atoms with Crippen molar-refractivity contribution in [3.05, 3.63) is 17.5 Å². The van der Waals surface area contributed by atoms with E-state index in [1.807, 2.05) is 11.7 Å². The molecule has 2 rings (SSSR count). The van der Waals surface area contributed by atoms with Gasteiger partial charge in [0.15, 0.2) is 0 Å². The molecule has 4 heteroatoms. The van der Waals surface area contributed by atoms with Crippen molar-refractivity contribution in [3.8, 4) is 0 Å². The van der Waals surface area contributed by atoms with Crippen LogP contribution >= 0.6 is 0 Å². The molecule has 1 fully saturated rings. The second kappa shape index (κ2) is 2.33. The Kier molecular flexibility index (Phi) is 1.43. The van der Waals surface area contributed by atoms with Gasteiger partial charge in [0.1, 0.15) is 5.84 Å². The molecule has 4 nitrogen and oxygen atoms in total. The quantitative estimate of drug-likeness (QED) is 0.496. The van der Waals surface area contributed by atoms with Gasteiger partial charge in [0, 0.05) is 13.0 Å². The minimum atomic E-state index is 0.130. The highest BCUT2D eigenvalue weighted by Gasteiger charge is 2.29. The number of hydrogen-bond donors (Lipinski definition) is 2. The number of nitrogens with zero attached hydrogens (tertiary/aromatic N) is 2. The second-order valence-electron chi connectivity index (χ2n) is 3.26. The summed E-state index contributed by atoms with van der Waals surface area (Å²) in [5.74, 6) is 0.724. The van der Waals surface area contributed by atoms with Crippen LogP contribution in [0, 0.1) is 5.41 Å². The summed E-state index contributed by atoms with van der Waals surface area (Å²) < 4.78 is 1.83. The van der Waals surface area contributed by atoms with E-state index in [1.54, 1.807) is 6.20 Å². The molecule has 0 radical (unpaired) electrons. The third-order valence-electron chi connectivity index (χ3n) is 2.24. The van der Waals surface area contributed by atoms with Gasteiger partial charge in [-0.15, -0.1) is 0 Å². The molecule has 1 aliphatic carbocycles. The number of aromatic nitrogens is 2.